The molecule has 0 saturated heterocycles. The predicted molar refractivity (Wildman–Crippen MR) is 53.7 cm³/mol. The molecule has 0 fully saturated rings. The van der Waals surface area contributed by atoms with Gasteiger partial charge < -0.3 is 4.74 Å². The first-order valence-electron chi connectivity index (χ1n) is 3.90. The van der Waals surface area contributed by atoms with E-state index in [-0.39, 0.29) is 0 Å². The highest BCUT2D eigenvalue weighted by Crippen LogP contribution is 2.19. The monoisotopic (exact) mass is 182 g/mol. The first-order valence-corrected chi connectivity index (χ1v) is 5.13. The lowest BCUT2D eigenvalue weighted by molar-refractivity contribution is 0.184. The van der Waals surface area contributed by atoms with Crippen molar-refractivity contribution in [1.29, 1.82) is 0 Å². The van der Waals surface area contributed by atoms with Crippen LogP contribution in [0.5, 0.6) is 0 Å². The van der Waals surface area contributed by atoms with Gasteiger partial charge in [0.25, 0.3) is 0 Å². The molecule has 0 spiro atoms. The lowest BCUT2D eigenvalue weighted by Crippen LogP contribution is -1.91. The zero-order valence-electron chi connectivity index (χ0n) is 7.76. The fourth-order valence-electron chi connectivity index (χ4n) is 1.11. The van der Waals surface area contributed by atoms with Gasteiger partial charge >= 0.3 is 0 Å². The normalized spacial score (nSPS) is 10.2. The quantitative estimate of drug-likeness (QED) is 0.665. The molecule has 1 nitrogen and oxygen atoms in total. The minimum absolute atomic E-state index is 0.709. The number of rotatable bonds is 3. The fraction of sp³-hybridized carbons (Fsp3) is 0.400. The molecule has 0 aliphatic heterocycles. The van der Waals surface area contributed by atoms with E-state index in [1.165, 1.54) is 16.0 Å². The van der Waals surface area contributed by atoms with Crippen LogP contribution < -0.4 is 0 Å². The van der Waals surface area contributed by atoms with Crippen molar-refractivity contribution in [2.24, 2.45) is 0 Å². The highest BCUT2D eigenvalue weighted by molar-refractivity contribution is 7.98. The van der Waals surface area contributed by atoms with Crippen LogP contribution in [0.3, 0.4) is 0 Å². The van der Waals surface area contributed by atoms with E-state index in [0.717, 1.165) is 0 Å². The highest BCUT2D eigenvalue weighted by atomic mass is 32.2. The van der Waals surface area contributed by atoms with E-state index >= 15 is 0 Å². The Bertz CT molecular complexity index is 258. The van der Waals surface area contributed by atoms with Gasteiger partial charge in [0.2, 0.25) is 0 Å². The third kappa shape index (κ3) is 2.26. The molecule has 0 aliphatic carbocycles. The molecule has 0 unspecified atom stereocenters. The minimum Gasteiger partial charge on any atom is -0.380 e. The summed E-state index contributed by atoms with van der Waals surface area (Å²) in [5, 5.41) is 0. The molecule has 1 rings (SSSR count). The Morgan fingerprint density at radius 1 is 1.42 bits per heavy atom. The summed E-state index contributed by atoms with van der Waals surface area (Å²) in [5.74, 6) is 0. The maximum Gasteiger partial charge on any atom is 0.0715 e. The van der Waals surface area contributed by atoms with Crippen LogP contribution in [-0.2, 0) is 11.3 Å². The standard InChI is InChI=1S/C10H14OS/c1-8-6-10(12-3)5-4-9(8)7-11-2/h4-6H,7H2,1-3H3. The first-order chi connectivity index (χ1) is 5.77. The summed E-state index contributed by atoms with van der Waals surface area (Å²) in [6.07, 6.45) is 2.09. The van der Waals surface area contributed by atoms with Gasteiger partial charge in [0.05, 0.1) is 6.61 Å². The molecule has 0 N–H and O–H groups in total. The molecule has 0 amide bonds. The molecular formula is C10H14OS. The Morgan fingerprint density at radius 3 is 2.67 bits per heavy atom. The molecule has 0 aromatic heterocycles. The van der Waals surface area contributed by atoms with Crippen LogP contribution in [0.25, 0.3) is 0 Å². The topological polar surface area (TPSA) is 9.23 Å². The van der Waals surface area contributed by atoms with Gasteiger partial charge in [-0.3, -0.25) is 0 Å². The van der Waals surface area contributed by atoms with Gasteiger partial charge in [0, 0.05) is 12.0 Å². The van der Waals surface area contributed by atoms with Crippen molar-refractivity contribution in [2.45, 2.75) is 18.4 Å². The Morgan fingerprint density at radius 2 is 2.17 bits per heavy atom. The van der Waals surface area contributed by atoms with Gasteiger partial charge in [-0.15, -0.1) is 11.8 Å². The summed E-state index contributed by atoms with van der Waals surface area (Å²) in [4.78, 5) is 1.31. The molecule has 1 aromatic carbocycles. The van der Waals surface area contributed by atoms with Crippen molar-refractivity contribution < 1.29 is 4.74 Å². The molecule has 0 atom stereocenters. The van der Waals surface area contributed by atoms with Gasteiger partial charge in [-0.2, -0.15) is 0 Å². The van der Waals surface area contributed by atoms with Crippen LogP contribution >= 0.6 is 11.8 Å². The number of benzene rings is 1. The Kier molecular flexibility index (Phi) is 3.63. The van der Waals surface area contributed by atoms with Gasteiger partial charge in [-0.25, -0.2) is 0 Å². The smallest absolute Gasteiger partial charge is 0.0715 e. The van der Waals surface area contributed by atoms with Gasteiger partial charge in [0.1, 0.15) is 0 Å². The van der Waals surface area contributed by atoms with E-state index in [2.05, 4.69) is 31.4 Å². The molecule has 12 heavy (non-hydrogen) atoms. The van der Waals surface area contributed by atoms with Crippen molar-refractivity contribution >= 4 is 11.8 Å². The maximum absolute atomic E-state index is 5.08. The summed E-state index contributed by atoms with van der Waals surface area (Å²) >= 11 is 1.77. The van der Waals surface area contributed by atoms with Crippen molar-refractivity contribution in [1.82, 2.24) is 0 Å². The summed E-state index contributed by atoms with van der Waals surface area (Å²) in [6, 6.07) is 6.45. The van der Waals surface area contributed by atoms with Crippen LogP contribution in [0, 0.1) is 6.92 Å². The summed E-state index contributed by atoms with van der Waals surface area (Å²) < 4.78 is 5.08. The van der Waals surface area contributed by atoms with E-state index in [1.54, 1.807) is 18.9 Å². The van der Waals surface area contributed by atoms with Crippen molar-refractivity contribution in [2.75, 3.05) is 13.4 Å². The van der Waals surface area contributed by atoms with Gasteiger partial charge in [-0.05, 0) is 36.4 Å². The van der Waals surface area contributed by atoms with Crippen molar-refractivity contribution in [3.63, 3.8) is 0 Å². The number of ether oxygens (including phenoxy) is 1. The molecule has 0 heterocycles. The maximum atomic E-state index is 5.08. The number of hydrogen-bond donors (Lipinski definition) is 0. The number of methoxy groups -OCH3 is 1. The van der Waals surface area contributed by atoms with E-state index in [9.17, 15) is 0 Å². The molecule has 0 radical (unpaired) electrons. The van der Waals surface area contributed by atoms with E-state index in [1.807, 2.05) is 0 Å². The summed E-state index contributed by atoms with van der Waals surface area (Å²) in [5.41, 5.74) is 2.58. The van der Waals surface area contributed by atoms with Crippen LogP contribution in [0.4, 0.5) is 0 Å². The third-order valence-electron chi connectivity index (χ3n) is 1.85. The zero-order chi connectivity index (χ0) is 8.97. The van der Waals surface area contributed by atoms with Gasteiger partial charge in [0.15, 0.2) is 0 Å². The second-order valence-corrected chi connectivity index (χ2v) is 3.61. The third-order valence-corrected chi connectivity index (χ3v) is 2.57. The fourth-order valence-corrected chi connectivity index (χ4v) is 1.61. The van der Waals surface area contributed by atoms with E-state index in [0.29, 0.717) is 6.61 Å². The number of aryl methyl sites for hydroxylation is 1. The number of hydrogen-bond acceptors (Lipinski definition) is 2. The van der Waals surface area contributed by atoms with E-state index < -0.39 is 0 Å². The average Bonchev–Trinajstić information content (AvgIpc) is 2.09. The van der Waals surface area contributed by atoms with Crippen molar-refractivity contribution in [3.05, 3.63) is 29.3 Å². The van der Waals surface area contributed by atoms with Gasteiger partial charge in [-0.1, -0.05) is 6.07 Å². The highest BCUT2D eigenvalue weighted by Gasteiger charge is 1.98. The zero-order valence-corrected chi connectivity index (χ0v) is 8.57. The molecule has 2 heteroatoms. The second-order valence-electron chi connectivity index (χ2n) is 2.73. The summed E-state index contributed by atoms with van der Waals surface area (Å²) in [6.45, 7) is 2.83. The molecule has 0 saturated carbocycles. The lowest BCUT2D eigenvalue weighted by atomic mass is 10.1. The van der Waals surface area contributed by atoms with Crippen LogP contribution in [0.2, 0.25) is 0 Å². The molecule has 66 valence electrons. The molecule has 0 aliphatic rings. The summed E-state index contributed by atoms with van der Waals surface area (Å²) in [7, 11) is 1.72. The van der Waals surface area contributed by atoms with Crippen LogP contribution in [0.1, 0.15) is 11.1 Å². The predicted octanol–water partition coefficient (Wildman–Crippen LogP) is 2.86. The molecule has 1 aromatic rings. The largest absolute Gasteiger partial charge is 0.380 e. The Balaban J connectivity index is 2.87. The van der Waals surface area contributed by atoms with Crippen LogP contribution in [0.15, 0.2) is 23.1 Å². The Labute approximate surface area is 78.1 Å². The van der Waals surface area contributed by atoms with Crippen LogP contribution in [-0.4, -0.2) is 13.4 Å². The number of thioether (sulfide) groups is 1. The molecular weight excluding hydrogens is 168 g/mol. The minimum atomic E-state index is 0.709. The molecule has 0 bridgehead atoms. The first kappa shape index (κ1) is 9.62. The lowest BCUT2D eigenvalue weighted by Gasteiger charge is -2.05. The Hall–Kier alpha value is -0.470. The average molecular weight is 182 g/mol. The second kappa shape index (κ2) is 4.53. The van der Waals surface area contributed by atoms with Crippen molar-refractivity contribution in [3.8, 4) is 0 Å². The SMILES string of the molecule is COCc1ccc(SC)cc1C. The van der Waals surface area contributed by atoms with E-state index in [4.69, 9.17) is 4.74 Å².